The van der Waals surface area contributed by atoms with Crippen LogP contribution in [0.4, 0.5) is 0 Å². The number of benzene rings is 3. The summed E-state index contributed by atoms with van der Waals surface area (Å²) in [5.41, 5.74) is 4.70. The molecule has 146 valence electrons. The summed E-state index contributed by atoms with van der Waals surface area (Å²) in [5, 5.41) is 1.49. The molecular weight excluding hydrogens is 384 g/mol. The van der Waals surface area contributed by atoms with Crippen LogP contribution < -0.4 is 10.4 Å². The second-order valence-corrected chi connectivity index (χ2v) is 7.58. The van der Waals surface area contributed by atoms with E-state index in [-0.39, 0.29) is 5.63 Å². The van der Waals surface area contributed by atoms with Crippen LogP contribution in [0.1, 0.15) is 27.8 Å². The highest BCUT2D eigenvalue weighted by Crippen LogP contribution is 2.32. The smallest absolute Gasteiger partial charge is 0.340 e. The topological polar surface area (TPSA) is 39.4 Å². The Morgan fingerprint density at radius 3 is 2.45 bits per heavy atom. The van der Waals surface area contributed by atoms with Crippen LogP contribution in [0.5, 0.6) is 5.75 Å². The zero-order chi connectivity index (χ0) is 20.4. The van der Waals surface area contributed by atoms with E-state index in [0.29, 0.717) is 34.9 Å². The summed E-state index contributed by atoms with van der Waals surface area (Å²) in [5.74, 6) is 0.690. The van der Waals surface area contributed by atoms with Gasteiger partial charge >= 0.3 is 5.63 Å². The number of aryl methyl sites for hydroxylation is 2. The molecule has 0 aliphatic rings. The number of fused-ring (bicyclic) bond motifs is 1. The molecule has 0 saturated carbocycles. The number of hydrogen-bond donors (Lipinski definition) is 0. The van der Waals surface area contributed by atoms with Crippen LogP contribution >= 0.6 is 11.6 Å². The summed E-state index contributed by atoms with van der Waals surface area (Å²) in [6.45, 7) is 4.25. The van der Waals surface area contributed by atoms with Crippen LogP contribution in [0.2, 0.25) is 5.02 Å². The lowest BCUT2D eigenvalue weighted by molar-refractivity contribution is 0.309. The van der Waals surface area contributed by atoms with Crippen molar-refractivity contribution in [3.63, 3.8) is 0 Å². The van der Waals surface area contributed by atoms with Gasteiger partial charge in [-0.05, 0) is 48.7 Å². The average Bonchev–Trinajstić information content (AvgIpc) is 2.70. The normalized spacial score (nSPS) is 11.0. The van der Waals surface area contributed by atoms with Gasteiger partial charge in [-0.15, -0.1) is 0 Å². The zero-order valence-corrected chi connectivity index (χ0v) is 17.1. The molecule has 29 heavy (non-hydrogen) atoms. The third-order valence-corrected chi connectivity index (χ3v) is 5.42. The highest BCUT2D eigenvalue weighted by Gasteiger charge is 2.16. The Labute approximate surface area is 174 Å². The molecule has 0 fully saturated rings. The third-order valence-electron chi connectivity index (χ3n) is 5.05. The largest absolute Gasteiger partial charge is 0.488 e. The number of hydrogen-bond acceptors (Lipinski definition) is 3. The molecule has 0 amide bonds. The van der Waals surface area contributed by atoms with Crippen LogP contribution in [0.15, 0.2) is 75.9 Å². The van der Waals surface area contributed by atoms with E-state index in [0.717, 1.165) is 27.6 Å². The quantitative estimate of drug-likeness (QED) is 0.370. The van der Waals surface area contributed by atoms with Crippen LogP contribution in [0, 0.1) is 13.8 Å². The molecule has 0 bridgehead atoms. The van der Waals surface area contributed by atoms with E-state index in [9.17, 15) is 4.79 Å². The van der Waals surface area contributed by atoms with E-state index in [1.165, 1.54) is 0 Å². The van der Waals surface area contributed by atoms with E-state index < -0.39 is 0 Å². The first kappa shape index (κ1) is 19.3. The first-order valence-corrected chi connectivity index (χ1v) is 9.88. The number of halogens is 1. The van der Waals surface area contributed by atoms with Crippen LogP contribution in [-0.2, 0) is 13.0 Å². The average molecular weight is 405 g/mol. The second-order valence-electron chi connectivity index (χ2n) is 7.17. The van der Waals surface area contributed by atoms with Crippen molar-refractivity contribution in [2.24, 2.45) is 0 Å². The highest BCUT2D eigenvalue weighted by molar-refractivity contribution is 6.31. The minimum atomic E-state index is -0.304. The Balaban J connectivity index is 1.78. The van der Waals surface area contributed by atoms with E-state index in [2.05, 4.69) is 0 Å². The van der Waals surface area contributed by atoms with Gasteiger partial charge in [-0.25, -0.2) is 4.79 Å². The lowest BCUT2D eigenvalue weighted by atomic mass is 9.98. The van der Waals surface area contributed by atoms with Crippen molar-refractivity contribution in [1.82, 2.24) is 0 Å². The Kier molecular flexibility index (Phi) is 5.41. The van der Waals surface area contributed by atoms with Crippen molar-refractivity contribution in [3.05, 3.63) is 110 Å². The maximum Gasteiger partial charge on any atom is 0.340 e. The lowest BCUT2D eigenvalue weighted by Gasteiger charge is -2.14. The predicted octanol–water partition coefficient (Wildman–Crippen LogP) is 6.23. The maximum atomic E-state index is 12.7. The minimum absolute atomic E-state index is 0.304. The molecule has 0 radical (unpaired) electrons. The summed E-state index contributed by atoms with van der Waals surface area (Å²) in [6.07, 6.45) is 0.517. The van der Waals surface area contributed by atoms with Gasteiger partial charge in [0.15, 0.2) is 0 Å². The molecule has 3 nitrogen and oxygen atoms in total. The highest BCUT2D eigenvalue weighted by atomic mass is 35.5. The first-order valence-electron chi connectivity index (χ1n) is 9.50. The second kappa shape index (κ2) is 8.14. The van der Waals surface area contributed by atoms with Crippen molar-refractivity contribution in [2.75, 3.05) is 0 Å². The fourth-order valence-electron chi connectivity index (χ4n) is 3.53. The Morgan fingerprint density at radius 2 is 1.69 bits per heavy atom. The fourth-order valence-corrected chi connectivity index (χ4v) is 3.72. The molecule has 4 rings (SSSR count). The SMILES string of the molecule is Cc1cc(OCc2ccccc2Cl)c2c(C)c(Cc3ccccc3)c(=O)oc2c1. The van der Waals surface area contributed by atoms with Crippen molar-refractivity contribution in [2.45, 2.75) is 26.9 Å². The Hall–Kier alpha value is -3.04. The molecule has 1 heterocycles. The van der Waals surface area contributed by atoms with Crippen molar-refractivity contribution < 1.29 is 9.15 Å². The van der Waals surface area contributed by atoms with Crippen molar-refractivity contribution in [1.29, 1.82) is 0 Å². The van der Waals surface area contributed by atoms with E-state index in [1.807, 2.05) is 80.6 Å². The van der Waals surface area contributed by atoms with E-state index >= 15 is 0 Å². The standard InChI is InChI=1S/C25H21ClO3/c1-16-12-22(28-15-19-10-6-7-11-21(19)26)24-17(2)20(25(27)29-23(24)13-16)14-18-8-4-3-5-9-18/h3-13H,14-15H2,1-2H3. The predicted molar refractivity (Wildman–Crippen MR) is 117 cm³/mol. The minimum Gasteiger partial charge on any atom is -0.488 e. The van der Waals surface area contributed by atoms with Crippen LogP contribution in [-0.4, -0.2) is 0 Å². The summed E-state index contributed by atoms with van der Waals surface area (Å²) < 4.78 is 11.8. The van der Waals surface area contributed by atoms with Crippen LogP contribution in [0.25, 0.3) is 11.0 Å². The summed E-state index contributed by atoms with van der Waals surface area (Å²) in [7, 11) is 0. The van der Waals surface area contributed by atoms with Crippen molar-refractivity contribution >= 4 is 22.6 Å². The lowest BCUT2D eigenvalue weighted by Crippen LogP contribution is -2.11. The molecular formula is C25H21ClO3. The number of rotatable bonds is 5. The molecule has 4 heteroatoms. The Bertz CT molecular complexity index is 1230. The van der Waals surface area contributed by atoms with Gasteiger partial charge in [0.05, 0.1) is 5.39 Å². The molecule has 3 aromatic carbocycles. The maximum absolute atomic E-state index is 12.7. The summed E-state index contributed by atoms with van der Waals surface area (Å²) >= 11 is 6.27. The van der Waals surface area contributed by atoms with Gasteiger partial charge in [-0.1, -0.05) is 60.1 Å². The molecule has 0 atom stereocenters. The number of ether oxygens (including phenoxy) is 1. The molecule has 0 N–H and O–H groups in total. The van der Waals surface area contributed by atoms with Gasteiger partial charge < -0.3 is 9.15 Å². The monoisotopic (exact) mass is 404 g/mol. The fraction of sp³-hybridized carbons (Fsp3) is 0.160. The molecule has 0 spiro atoms. The van der Waals surface area contributed by atoms with E-state index in [4.69, 9.17) is 20.8 Å². The van der Waals surface area contributed by atoms with E-state index in [1.54, 1.807) is 0 Å². The molecule has 0 aliphatic heterocycles. The molecule has 1 aromatic heterocycles. The van der Waals surface area contributed by atoms with Crippen molar-refractivity contribution in [3.8, 4) is 5.75 Å². The van der Waals surface area contributed by atoms with Gasteiger partial charge in [0.25, 0.3) is 0 Å². The third kappa shape index (κ3) is 4.06. The van der Waals surface area contributed by atoms with Crippen LogP contribution in [0.3, 0.4) is 0 Å². The van der Waals surface area contributed by atoms with Gasteiger partial charge in [-0.3, -0.25) is 0 Å². The molecule has 0 saturated heterocycles. The van der Waals surface area contributed by atoms with Gasteiger partial charge in [-0.2, -0.15) is 0 Å². The first-order chi connectivity index (χ1) is 14.0. The molecule has 0 aliphatic carbocycles. The van der Waals surface area contributed by atoms with Gasteiger partial charge in [0, 0.05) is 22.6 Å². The van der Waals surface area contributed by atoms with Gasteiger partial charge in [0.2, 0.25) is 0 Å². The summed E-state index contributed by atoms with van der Waals surface area (Å²) in [6, 6.07) is 21.4. The molecule has 0 unspecified atom stereocenters. The Morgan fingerprint density at radius 1 is 0.966 bits per heavy atom. The zero-order valence-electron chi connectivity index (χ0n) is 16.4. The molecule has 4 aromatic rings. The van der Waals surface area contributed by atoms with Gasteiger partial charge in [0.1, 0.15) is 17.9 Å². The summed E-state index contributed by atoms with van der Waals surface area (Å²) in [4.78, 5) is 12.7.